The van der Waals surface area contributed by atoms with Gasteiger partial charge in [-0.25, -0.2) is 0 Å². The van der Waals surface area contributed by atoms with Crippen molar-refractivity contribution >= 4 is 15.9 Å². The molecule has 0 bridgehead atoms. The lowest BCUT2D eigenvalue weighted by molar-refractivity contribution is 0.294. The molecule has 94 valence electrons. The van der Waals surface area contributed by atoms with E-state index in [1.165, 1.54) is 18.4 Å². The quantitative estimate of drug-likeness (QED) is 0.860. The highest BCUT2D eigenvalue weighted by Crippen LogP contribution is 2.33. The Morgan fingerprint density at radius 2 is 2.24 bits per heavy atom. The molecule has 2 nitrogen and oxygen atoms in total. The summed E-state index contributed by atoms with van der Waals surface area (Å²) in [6.07, 6.45) is 2.66. The fraction of sp³-hybridized carbons (Fsp3) is 0.571. The zero-order valence-electron chi connectivity index (χ0n) is 10.5. The highest BCUT2D eigenvalue weighted by atomic mass is 79.9. The molecule has 2 rings (SSSR count). The number of nitrogens with one attached hydrogen (secondary N) is 1. The number of benzene rings is 1. The Morgan fingerprint density at radius 3 is 2.88 bits per heavy atom. The van der Waals surface area contributed by atoms with Gasteiger partial charge >= 0.3 is 0 Å². The van der Waals surface area contributed by atoms with E-state index in [-0.39, 0.29) is 0 Å². The summed E-state index contributed by atoms with van der Waals surface area (Å²) in [4.78, 5) is 0. The summed E-state index contributed by atoms with van der Waals surface area (Å²) in [5, 5.41) is 3.43. The van der Waals surface area contributed by atoms with Gasteiger partial charge in [-0.05, 0) is 50.4 Å². The fourth-order valence-electron chi connectivity index (χ4n) is 1.90. The molecule has 1 aliphatic carbocycles. The van der Waals surface area contributed by atoms with Gasteiger partial charge in [-0.3, -0.25) is 0 Å². The molecule has 3 heteroatoms. The van der Waals surface area contributed by atoms with Crippen LogP contribution < -0.4 is 10.1 Å². The van der Waals surface area contributed by atoms with Gasteiger partial charge in [0.05, 0.1) is 6.61 Å². The minimum atomic E-state index is 0.326. The molecule has 0 heterocycles. The molecule has 1 unspecified atom stereocenters. The summed E-state index contributed by atoms with van der Waals surface area (Å²) in [7, 11) is 0. The van der Waals surface area contributed by atoms with Crippen LogP contribution in [0.15, 0.2) is 22.7 Å². The van der Waals surface area contributed by atoms with Crippen molar-refractivity contribution in [3.05, 3.63) is 28.2 Å². The Bertz CT molecular complexity index is 376. The third kappa shape index (κ3) is 3.71. The minimum Gasteiger partial charge on any atom is -0.493 e. The maximum atomic E-state index is 5.92. The van der Waals surface area contributed by atoms with E-state index in [9.17, 15) is 0 Å². The molecule has 1 fully saturated rings. The third-order valence-electron chi connectivity index (χ3n) is 3.12. The summed E-state index contributed by atoms with van der Waals surface area (Å²) in [5.41, 5.74) is 1.24. The highest BCUT2D eigenvalue weighted by molar-refractivity contribution is 9.10. The number of halogens is 1. The van der Waals surface area contributed by atoms with Crippen LogP contribution in [0.1, 0.15) is 38.3 Å². The lowest BCUT2D eigenvalue weighted by Gasteiger charge is -2.18. The molecular weight excluding hydrogens is 278 g/mol. The maximum Gasteiger partial charge on any atom is 0.124 e. The Hall–Kier alpha value is -0.540. The number of rotatable bonds is 6. The predicted octanol–water partition coefficient (Wildman–Crippen LogP) is 3.91. The second kappa shape index (κ2) is 5.87. The number of hydrogen-bond donors (Lipinski definition) is 1. The van der Waals surface area contributed by atoms with E-state index < -0.39 is 0 Å². The van der Waals surface area contributed by atoms with Gasteiger partial charge in [0.15, 0.2) is 0 Å². The Kier molecular flexibility index (Phi) is 4.46. The van der Waals surface area contributed by atoms with Crippen molar-refractivity contribution in [3.63, 3.8) is 0 Å². The third-order valence-corrected chi connectivity index (χ3v) is 3.61. The maximum absolute atomic E-state index is 5.92. The molecule has 1 aromatic carbocycles. The van der Waals surface area contributed by atoms with E-state index in [0.717, 1.165) is 29.3 Å². The molecule has 0 amide bonds. The van der Waals surface area contributed by atoms with Crippen molar-refractivity contribution in [2.24, 2.45) is 5.92 Å². The van der Waals surface area contributed by atoms with Crippen molar-refractivity contribution in [3.8, 4) is 5.75 Å². The topological polar surface area (TPSA) is 21.3 Å². The largest absolute Gasteiger partial charge is 0.493 e. The van der Waals surface area contributed by atoms with E-state index in [0.29, 0.717) is 6.04 Å². The molecule has 1 N–H and O–H groups in total. The Morgan fingerprint density at radius 1 is 1.47 bits per heavy atom. The molecule has 1 aliphatic rings. The number of ether oxygens (including phenoxy) is 1. The molecule has 0 spiro atoms. The predicted molar refractivity (Wildman–Crippen MR) is 74.5 cm³/mol. The minimum absolute atomic E-state index is 0.326. The first-order valence-electron chi connectivity index (χ1n) is 6.36. The molecule has 0 saturated heterocycles. The van der Waals surface area contributed by atoms with Crippen molar-refractivity contribution in [1.82, 2.24) is 5.32 Å². The summed E-state index contributed by atoms with van der Waals surface area (Å²) in [6.45, 7) is 6.14. The van der Waals surface area contributed by atoms with Crippen LogP contribution in [-0.4, -0.2) is 13.2 Å². The summed E-state index contributed by atoms with van der Waals surface area (Å²) in [6, 6.07) is 6.59. The second-order valence-electron chi connectivity index (χ2n) is 4.72. The summed E-state index contributed by atoms with van der Waals surface area (Å²) in [5.74, 6) is 1.81. The fourth-order valence-corrected chi connectivity index (χ4v) is 2.28. The van der Waals surface area contributed by atoms with Crippen molar-refractivity contribution in [2.75, 3.05) is 13.2 Å². The first-order chi connectivity index (χ1) is 8.20. The van der Waals surface area contributed by atoms with Crippen LogP contribution in [0.3, 0.4) is 0 Å². The second-order valence-corrected chi connectivity index (χ2v) is 5.63. The summed E-state index contributed by atoms with van der Waals surface area (Å²) < 4.78 is 7.03. The molecule has 17 heavy (non-hydrogen) atoms. The Balaban J connectivity index is 2.10. The molecule has 0 aromatic heterocycles. The lowest BCUT2D eigenvalue weighted by Crippen LogP contribution is -2.18. The SMILES string of the molecule is CCNC(C)c1cc(Br)ccc1OCC1CC1. The van der Waals surface area contributed by atoms with Gasteiger partial charge in [0.2, 0.25) is 0 Å². The van der Waals surface area contributed by atoms with Crippen molar-refractivity contribution < 1.29 is 4.74 Å². The van der Waals surface area contributed by atoms with Crippen LogP contribution in [0.5, 0.6) is 5.75 Å². The van der Waals surface area contributed by atoms with Gasteiger partial charge in [0.25, 0.3) is 0 Å². The van der Waals surface area contributed by atoms with Crippen molar-refractivity contribution in [1.29, 1.82) is 0 Å². The molecule has 0 radical (unpaired) electrons. The van der Waals surface area contributed by atoms with Gasteiger partial charge in [-0.1, -0.05) is 22.9 Å². The van der Waals surface area contributed by atoms with Gasteiger partial charge in [-0.2, -0.15) is 0 Å². The first kappa shape index (κ1) is 12.9. The van der Waals surface area contributed by atoms with Gasteiger partial charge < -0.3 is 10.1 Å². The van der Waals surface area contributed by atoms with E-state index in [2.05, 4.69) is 47.2 Å². The molecule has 0 aliphatic heterocycles. The molecular formula is C14H20BrNO. The first-order valence-corrected chi connectivity index (χ1v) is 7.15. The van der Waals surface area contributed by atoms with Gasteiger partial charge in [0, 0.05) is 16.1 Å². The zero-order chi connectivity index (χ0) is 12.3. The van der Waals surface area contributed by atoms with Crippen LogP contribution >= 0.6 is 15.9 Å². The van der Waals surface area contributed by atoms with Crippen LogP contribution in [0.2, 0.25) is 0 Å². The van der Waals surface area contributed by atoms with E-state index in [4.69, 9.17) is 4.74 Å². The average Bonchev–Trinajstić information content (AvgIpc) is 3.11. The van der Waals surface area contributed by atoms with E-state index >= 15 is 0 Å². The number of hydrogen-bond acceptors (Lipinski definition) is 2. The standard InChI is InChI=1S/C14H20BrNO/c1-3-16-10(2)13-8-12(15)6-7-14(13)17-9-11-4-5-11/h6-8,10-11,16H,3-5,9H2,1-2H3. The molecule has 1 saturated carbocycles. The monoisotopic (exact) mass is 297 g/mol. The normalized spacial score (nSPS) is 16.9. The zero-order valence-corrected chi connectivity index (χ0v) is 12.1. The molecule has 1 aromatic rings. The molecule has 1 atom stereocenters. The van der Waals surface area contributed by atoms with Crippen LogP contribution in [0.25, 0.3) is 0 Å². The summed E-state index contributed by atoms with van der Waals surface area (Å²) >= 11 is 3.52. The smallest absolute Gasteiger partial charge is 0.124 e. The van der Waals surface area contributed by atoms with Gasteiger partial charge in [0.1, 0.15) is 5.75 Å². The highest BCUT2D eigenvalue weighted by Gasteiger charge is 2.22. The van der Waals surface area contributed by atoms with Gasteiger partial charge in [-0.15, -0.1) is 0 Å². The van der Waals surface area contributed by atoms with Crippen LogP contribution in [0, 0.1) is 5.92 Å². The van der Waals surface area contributed by atoms with Crippen LogP contribution in [0.4, 0.5) is 0 Å². The van der Waals surface area contributed by atoms with E-state index in [1.54, 1.807) is 0 Å². The Labute approximate surface area is 112 Å². The average molecular weight is 298 g/mol. The lowest BCUT2D eigenvalue weighted by atomic mass is 10.1. The van der Waals surface area contributed by atoms with E-state index in [1.807, 2.05) is 6.07 Å². The van der Waals surface area contributed by atoms with Crippen molar-refractivity contribution in [2.45, 2.75) is 32.7 Å². The van der Waals surface area contributed by atoms with Crippen LogP contribution in [-0.2, 0) is 0 Å².